The zero-order chi connectivity index (χ0) is 31.6. The van der Waals surface area contributed by atoms with Crippen LogP contribution in [-0.2, 0) is 37.0 Å². The Morgan fingerprint density at radius 2 is 1.19 bits per heavy atom. The molecule has 2 aliphatic rings. The second kappa shape index (κ2) is 14.2. The third-order valence-corrected chi connectivity index (χ3v) is 9.29. The summed E-state index contributed by atoms with van der Waals surface area (Å²) in [6, 6.07) is 31.5. The van der Waals surface area contributed by atoms with Crippen molar-refractivity contribution in [3.8, 4) is 11.1 Å². The van der Waals surface area contributed by atoms with Crippen LogP contribution in [0.1, 0.15) is 103 Å². The van der Waals surface area contributed by atoms with Crippen molar-refractivity contribution in [3.63, 3.8) is 0 Å². The van der Waals surface area contributed by atoms with Gasteiger partial charge in [-0.15, -0.1) is 34.1 Å². The maximum atomic E-state index is 4.00. The number of fused-ring (bicyclic) bond motifs is 3. The fraction of sp³-hybridized carbons (Fsp3) is 0.318. The van der Waals surface area contributed by atoms with Gasteiger partial charge < -0.3 is 24.8 Å². The number of benzene rings is 4. The van der Waals surface area contributed by atoms with Crippen LogP contribution in [0.5, 0.6) is 0 Å². The van der Waals surface area contributed by atoms with Crippen molar-refractivity contribution in [2.75, 3.05) is 0 Å². The van der Waals surface area contributed by atoms with Gasteiger partial charge in [-0.25, -0.2) is 0 Å². The first kappa shape index (κ1) is 39.0. The van der Waals surface area contributed by atoms with Crippen LogP contribution in [0, 0.1) is 11.3 Å². The fourth-order valence-corrected chi connectivity index (χ4v) is 6.93. The van der Waals surface area contributed by atoms with E-state index in [1.54, 1.807) is 0 Å². The molecule has 6 rings (SSSR count). The van der Waals surface area contributed by atoms with Crippen LogP contribution in [0.4, 0.5) is 0 Å². The number of hydrogen-bond acceptors (Lipinski definition) is 0. The van der Waals surface area contributed by atoms with Gasteiger partial charge in [0.05, 0.1) is 0 Å². The van der Waals surface area contributed by atoms with Gasteiger partial charge in [0.2, 0.25) is 0 Å². The topological polar surface area (TPSA) is 0 Å². The molecule has 3 heteroatoms. The van der Waals surface area contributed by atoms with E-state index in [0.29, 0.717) is 5.92 Å². The van der Waals surface area contributed by atoms with Crippen molar-refractivity contribution < 1.29 is 51.0 Å². The summed E-state index contributed by atoms with van der Waals surface area (Å²) in [5.74, 6) is 0.317. The van der Waals surface area contributed by atoms with E-state index in [4.69, 9.17) is 0 Å². The minimum Gasteiger partial charge on any atom is -1.00 e. The molecule has 241 valence electrons. The Bertz CT molecular complexity index is 1900. The van der Waals surface area contributed by atoms with Gasteiger partial charge in [-0.1, -0.05) is 183 Å². The van der Waals surface area contributed by atoms with Crippen LogP contribution in [0.15, 0.2) is 103 Å². The normalized spacial score (nSPS) is 15.1. The standard InChI is InChI=1S/C44H47.2ClH.Zr/c1-28-23-33(43(5,6)7)26-35(28)40-37-25-31-24-32(42(2,3)4)21-22-34(31)36(37)27-38(41(40)44(8,9)10)39(29-17-13-11-14-18-29)30-19-15-12-16-20-30;;;/h11-24,26-28H,1-10H3;2*1H;/q-1;;;+3/p-2. The molecule has 1 radical (unpaired) electrons. The molecule has 0 N–H and O–H groups in total. The Morgan fingerprint density at radius 3 is 1.66 bits per heavy atom. The molecule has 0 spiro atoms. The van der Waals surface area contributed by atoms with E-state index >= 15 is 0 Å². The van der Waals surface area contributed by atoms with Crippen LogP contribution in [0.25, 0.3) is 28.3 Å². The van der Waals surface area contributed by atoms with E-state index in [9.17, 15) is 0 Å². The molecule has 0 heterocycles. The van der Waals surface area contributed by atoms with Crippen LogP contribution >= 0.6 is 0 Å². The second-order valence-corrected chi connectivity index (χ2v) is 15.8. The molecule has 0 saturated carbocycles. The Balaban J connectivity index is 0.00000200. The zero-order valence-electron chi connectivity index (χ0n) is 29.6. The summed E-state index contributed by atoms with van der Waals surface area (Å²) in [7, 11) is 0. The molecule has 2 aliphatic carbocycles. The molecule has 0 aliphatic heterocycles. The molecule has 47 heavy (non-hydrogen) atoms. The summed E-state index contributed by atoms with van der Waals surface area (Å²) in [6.07, 6.45) is 8.98. The summed E-state index contributed by atoms with van der Waals surface area (Å²) in [4.78, 5) is 0. The summed E-state index contributed by atoms with van der Waals surface area (Å²) >= 11 is 0. The first-order chi connectivity index (χ1) is 20.6. The van der Waals surface area contributed by atoms with Gasteiger partial charge in [-0.05, 0) is 49.7 Å². The van der Waals surface area contributed by atoms with Crippen molar-refractivity contribution in [2.24, 2.45) is 11.3 Å². The van der Waals surface area contributed by atoms with E-state index in [-0.39, 0.29) is 67.3 Å². The zero-order valence-corrected chi connectivity index (χ0v) is 33.5. The SMILES string of the molecule is CC1C=C(C(C)(C)C)C=C1c1c(C(C)(C)C)c(=C(c2ccccc2)c2ccccc2)cc2c1=[C-]c1cc(C(C)(C)C)ccc1-2.[Cl-].[Cl-].[Zr+3]. The van der Waals surface area contributed by atoms with Crippen molar-refractivity contribution in [3.05, 3.63) is 146 Å². The van der Waals surface area contributed by atoms with Crippen LogP contribution in [0.3, 0.4) is 0 Å². The number of rotatable bonds is 3. The van der Waals surface area contributed by atoms with Crippen LogP contribution < -0.4 is 35.3 Å². The molecule has 0 fully saturated rings. The van der Waals surface area contributed by atoms with E-state index in [0.717, 1.165) is 0 Å². The molecular formula is C44H47Cl2Zr. The first-order valence-electron chi connectivity index (χ1n) is 16.2. The van der Waals surface area contributed by atoms with E-state index in [2.05, 4.69) is 172 Å². The summed E-state index contributed by atoms with van der Waals surface area (Å²) in [6.45, 7) is 23.4. The minimum atomic E-state index is -0.118. The molecule has 0 amide bonds. The van der Waals surface area contributed by atoms with Gasteiger partial charge in [0.25, 0.3) is 0 Å². The van der Waals surface area contributed by atoms with E-state index in [1.165, 1.54) is 71.7 Å². The summed E-state index contributed by atoms with van der Waals surface area (Å²) < 4.78 is 0. The maximum Gasteiger partial charge on any atom is 3.00 e. The number of halogens is 2. The molecule has 4 aromatic carbocycles. The molecule has 0 aromatic heterocycles. The summed E-state index contributed by atoms with van der Waals surface area (Å²) in [5, 5.41) is 2.57. The molecule has 0 saturated heterocycles. The quantitative estimate of drug-likeness (QED) is 0.244. The predicted molar refractivity (Wildman–Crippen MR) is 190 cm³/mol. The van der Waals surface area contributed by atoms with Gasteiger partial charge in [0, 0.05) is 0 Å². The fourth-order valence-electron chi connectivity index (χ4n) is 6.93. The van der Waals surface area contributed by atoms with Gasteiger partial charge in [-0.3, -0.25) is 0 Å². The Kier molecular flexibility index (Phi) is 11.8. The van der Waals surface area contributed by atoms with Gasteiger partial charge in [0.15, 0.2) is 0 Å². The van der Waals surface area contributed by atoms with E-state index < -0.39 is 0 Å². The largest absolute Gasteiger partial charge is 3.00 e. The summed E-state index contributed by atoms with van der Waals surface area (Å²) in [5.41, 5.74) is 14.5. The predicted octanol–water partition coefficient (Wildman–Crippen LogP) is 4.23. The van der Waals surface area contributed by atoms with Gasteiger partial charge >= 0.3 is 26.2 Å². The Labute approximate surface area is 315 Å². The van der Waals surface area contributed by atoms with Crippen molar-refractivity contribution in [1.29, 1.82) is 0 Å². The number of hydrogen-bond donors (Lipinski definition) is 0. The van der Waals surface area contributed by atoms with Crippen molar-refractivity contribution in [1.82, 2.24) is 0 Å². The molecule has 0 bridgehead atoms. The average molecular weight is 738 g/mol. The molecule has 1 atom stereocenters. The molecule has 0 nitrogen and oxygen atoms in total. The van der Waals surface area contributed by atoms with Crippen LogP contribution in [0.2, 0.25) is 0 Å². The van der Waals surface area contributed by atoms with Gasteiger partial charge in [0.1, 0.15) is 0 Å². The third kappa shape index (κ3) is 7.44. The molecule has 1 unspecified atom stereocenters. The molecule has 4 aromatic rings. The van der Waals surface area contributed by atoms with Crippen molar-refractivity contribution in [2.45, 2.75) is 80.1 Å². The average Bonchev–Trinajstić information content (AvgIpc) is 3.53. The second-order valence-electron chi connectivity index (χ2n) is 15.8. The first-order valence-corrected chi connectivity index (χ1v) is 16.2. The maximum absolute atomic E-state index is 4.00. The smallest absolute Gasteiger partial charge is 1.00 e. The monoisotopic (exact) mass is 735 g/mol. The Morgan fingerprint density at radius 1 is 0.638 bits per heavy atom. The van der Waals surface area contributed by atoms with Crippen LogP contribution in [-0.4, -0.2) is 0 Å². The Hall–Kier alpha value is -2.44. The van der Waals surface area contributed by atoms with Gasteiger partial charge in [-0.2, -0.15) is 0 Å². The van der Waals surface area contributed by atoms with E-state index in [1.807, 2.05) is 0 Å². The minimum absolute atomic E-state index is 0. The number of allylic oxidation sites excluding steroid dienone is 4. The van der Waals surface area contributed by atoms with Crippen molar-refractivity contribution >= 4 is 17.2 Å². The molecular weight excluding hydrogens is 691 g/mol. The third-order valence-electron chi connectivity index (χ3n) is 9.29.